The van der Waals surface area contributed by atoms with Crippen molar-refractivity contribution in [2.45, 2.75) is 25.8 Å². The van der Waals surface area contributed by atoms with Crippen LogP contribution in [-0.4, -0.2) is 59.3 Å². The summed E-state index contributed by atoms with van der Waals surface area (Å²) in [6.45, 7) is 8.63. The van der Waals surface area contributed by atoms with Crippen LogP contribution in [0, 0.1) is 0 Å². The van der Waals surface area contributed by atoms with E-state index < -0.39 is 0 Å². The van der Waals surface area contributed by atoms with E-state index in [9.17, 15) is 0 Å². The van der Waals surface area contributed by atoms with Crippen LogP contribution in [0.4, 0.5) is 5.95 Å². The molecule has 0 aliphatic carbocycles. The minimum absolute atomic E-state index is 0.461. The molecule has 1 aromatic heterocycles. The predicted molar refractivity (Wildman–Crippen MR) is 96.1 cm³/mol. The molecule has 2 aromatic rings. The first-order chi connectivity index (χ1) is 11.8. The number of benzene rings is 1. The molecule has 2 aliphatic rings. The Kier molecular flexibility index (Phi) is 4.49. The summed E-state index contributed by atoms with van der Waals surface area (Å²) in [4.78, 5) is 9.51. The Morgan fingerprint density at radius 1 is 1.08 bits per heavy atom. The van der Waals surface area contributed by atoms with Crippen molar-refractivity contribution in [3.05, 3.63) is 29.8 Å². The van der Waals surface area contributed by atoms with Gasteiger partial charge in [-0.25, -0.2) is 0 Å². The van der Waals surface area contributed by atoms with E-state index in [2.05, 4.69) is 56.5 Å². The molecule has 6 heteroatoms. The van der Waals surface area contributed by atoms with Gasteiger partial charge in [0.1, 0.15) is 0 Å². The average Bonchev–Trinajstić information content (AvgIpc) is 3.34. The van der Waals surface area contributed by atoms with E-state index in [1.807, 2.05) is 0 Å². The molecule has 0 amide bonds. The van der Waals surface area contributed by atoms with Gasteiger partial charge in [-0.15, -0.1) is 5.10 Å². The third-order valence-corrected chi connectivity index (χ3v) is 5.20. The summed E-state index contributed by atoms with van der Waals surface area (Å²) in [6, 6.07) is 9.18. The maximum Gasteiger partial charge on any atom is 0.245 e. The first-order valence-corrected chi connectivity index (χ1v) is 9.04. The highest BCUT2D eigenvalue weighted by atomic mass is 15.4. The van der Waals surface area contributed by atoms with Gasteiger partial charge in [-0.2, -0.15) is 4.98 Å². The molecule has 4 rings (SSSR count). The van der Waals surface area contributed by atoms with Crippen molar-refractivity contribution in [2.24, 2.45) is 0 Å². The summed E-state index contributed by atoms with van der Waals surface area (Å²) in [5, 5.41) is 10.9. The zero-order valence-corrected chi connectivity index (χ0v) is 14.3. The van der Waals surface area contributed by atoms with Gasteiger partial charge >= 0.3 is 0 Å². The van der Waals surface area contributed by atoms with Crippen molar-refractivity contribution in [3.8, 4) is 11.4 Å². The number of H-pyrrole nitrogens is 1. The average molecular weight is 326 g/mol. The first kappa shape index (κ1) is 15.6. The topological polar surface area (TPSA) is 60.1 Å². The first-order valence-electron chi connectivity index (χ1n) is 9.04. The summed E-state index contributed by atoms with van der Waals surface area (Å²) < 4.78 is 0. The van der Waals surface area contributed by atoms with E-state index in [-0.39, 0.29) is 0 Å². The molecule has 1 unspecified atom stereocenters. The number of nitrogens with one attached hydrogen (secondary N) is 2. The minimum atomic E-state index is 0.461. The number of hydrogen-bond acceptors (Lipinski definition) is 5. The van der Waals surface area contributed by atoms with Crippen LogP contribution in [0.1, 0.15) is 31.4 Å². The Labute approximate surface area is 143 Å². The van der Waals surface area contributed by atoms with Crippen molar-refractivity contribution in [2.75, 3.05) is 44.2 Å². The number of anilines is 1. The molecule has 2 N–H and O–H groups in total. The van der Waals surface area contributed by atoms with Crippen molar-refractivity contribution in [1.29, 1.82) is 0 Å². The minimum Gasteiger partial charge on any atom is -0.337 e. The van der Waals surface area contributed by atoms with Crippen LogP contribution in [0.15, 0.2) is 24.3 Å². The van der Waals surface area contributed by atoms with Crippen LogP contribution in [0.5, 0.6) is 0 Å². The quantitative estimate of drug-likeness (QED) is 0.900. The fraction of sp³-hybridized carbons (Fsp3) is 0.556. The van der Waals surface area contributed by atoms with E-state index in [0.717, 1.165) is 43.5 Å². The molecule has 1 aromatic carbocycles. The number of aromatic amines is 1. The number of piperazine rings is 1. The van der Waals surface area contributed by atoms with Crippen molar-refractivity contribution in [3.63, 3.8) is 0 Å². The third-order valence-electron chi connectivity index (χ3n) is 5.20. The lowest BCUT2D eigenvalue weighted by Gasteiger charge is -2.25. The fourth-order valence-corrected chi connectivity index (χ4v) is 3.67. The van der Waals surface area contributed by atoms with E-state index in [0.29, 0.717) is 6.04 Å². The normalized spacial score (nSPS) is 20.5. The molecular formula is C18H26N6. The van der Waals surface area contributed by atoms with Gasteiger partial charge < -0.3 is 10.2 Å². The molecule has 2 fully saturated rings. The van der Waals surface area contributed by atoms with Crippen molar-refractivity contribution in [1.82, 2.24) is 25.4 Å². The van der Waals surface area contributed by atoms with Crippen molar-refractivity contribution < 1.29 is 0 Å². The number of rotatable bonds is 4. The number of aromatic nitrogens is 3. The van der Waals surface area contributed by atoms with Gasteiger partial charge in [-0.1, -0.05) is 18.2 Å². The van der Waals surface area contributed by atoms with E-state index in [4.69, 9.17) is 4.98 Å². The van der Waals surface area contributed by atoms with E-state index >= 15 is 0 Å². The Morgan fingerprint density at radius 2 is 1.88 bits per heavy atom. The van der Waals surface area contributed by atoms with Crippen molar-refractivity contribution >= 4 is 5.95 Å². The molecule has 128 valence electrons. The zero-order chi connectivity index (χ0) is 16.4. The van der Waals surface area contributed by atoms with Gasteiger partial charge in [-0.05, 0) is 44.5 Å². The number of nitrogens with zero attached hydrogens (tertiary/aromatic N) is 4. The SMILES string of the molecule is CC(c1cccc(-c2nc(N3CCNCC3)n[nH]2)c1)N1CCCC1. The van der Waals surface area contributed by atoms with Crippen LogP contribution < -0.4 is 10.2 Å². The molecule has 1 atom stereocenters. The lowest BCUT2D eigenvalue weighted by Crippen LogP contribution is -2.44. The molecule has 24 heavy (non-hydrogen) atoms. The summed E-state index contributed by atoms with van der Waals surface area (Å²) in [7, 11) is 0. The highest BCUT2D eigenvalue weighted by Crippen LogP contribution is 2.27. The van der Waals surface area contributed by atoms with Crippen LogP contribution >= 0.6 is 0 Å². The second-order valence-electron chi connectivity index (χ2n) is 6.77. The van der Waals surface area contributed by atoms with Gasteiger partial charge in [0.2, 0.25) is 5.95 Å². The fourth-order valence-electron chi connectivity index (χ4n) is 3.67. The van der Waals surface area contributed by atoms with Crippen LogP contribution in [0.25, 0.3) is 11.4 Å². The van der Waals surface area contributed by atoms with Crippen LogP contribution in [0.2, 0.25) is 0 Å². The van der Waals surface area contributed by atoms with Crippen LogP contribution in [0.3, 0.4) is 0 Å². The second-order valence-corrected chi connectivity index (χ2v) is 6.77. The maximum atomic E-state index is 4.72. The Balaban J connectivity index is 1.53. The molecule has 0 bridgehead atoms. The smallest absolute Gasteiger partial charge is 0.245 e. The Hall–Kier alpha value is -1.92. The number of likely N-dealkylation sites (tertiary alicyclic amines) is 1. The molecule has 6 nitrogen and oxygen atoms in total. The lowest BCUT2D eigenvalue weighted by atomic mass is 10.0. The van der Waals surface area contributed by atoms with E-state index in [1.165, 1.54) is 31.5 Å². The van der Waals surface area contributed by atoms with Gasteiger partial charge in [0.05, 0.1) is 0 Å². The van der Waals surface area contributed by atoms with Crippen LogP contribution in [-0.2, 0) is 0 Å². The van der Waals surface area contributed by atoms with Gasteiger partial charge in [0.15, 0.2) is 5.82 Å². The highest BCUT2D eigenvalue weighted by Gasteiger charge is 2.20. The second kappa shape index (κ2) is 6.91. The summed E-state index contributed by atoms with van der Waals surface area (Å²) >= 11 is 0. The third kappa shape index (κ3) is 3.16. The van der Waals surface area contributed by atoms with Gasteiger partial charge in [0, 0.05) is 37.8 Å². The Bertz CT molecular complexity index is 670. The molecule has 2 aliphatic heterocycles. The number of hydrogen-bond donors (Lipinski definition) is 2. The zero-order valence-electron chi connectivity index (χ0n) is 14.3. The van der Waals surface area contributed by atoms with Gasteiger partial charge in [0.25, 0.3) is 0 Å². The standard InChI is InChI=1S/C18H26N6/c1-14(23-9-2-3-10-23)15-5-4-6-16(13-15)17-20-18(22-21-17)24-11-7-19-8-12-24/h4-6,13-14,19H,2-3,7-12H2,1H3,(H,20,21,22). The molecule has 2 saturated heterocycles. The molecular weight excluding hydrogens is 300 g/mol. The molecule has 0 radical (unpaired) electrons. The molecule has 0 saturated carbocycles. The molecule has 0 spiro atoms. The predicted octanol–water partition coefficient (Wildman–Crippen LogP) is 2.04. The molecule has 3 heterocycles. The largest absolute Gasteiger partial charge is 0.337 e. The monoisotopic (exact) mass is 326 g/mol. The highest BCUT2D eigenvalue weighted by molar-refractivity contribution is 5.57. The summed E-state index contributed by atoms with van der Waals surface area (Å²) in [5.74, 6) is 1.67. The summed E-state index contributed by atoms with van der Waals surface area (Å²) in [6.07, 6.45) is 2.64. The van der Waals surface area contributed by atoms with E-state index in [1.54, 1.807) is 0 Å². The lowest BCUT2D eigenvalue weighted by molar-refractivity contribution is 0.263. The van der Waals surface area contributed by atoms with Gasteiger partial charge in [-0.3, -0.25) is 10.00 Å². The Morgan fingerprint density at radius 3 is 2.67 bits per heavy atom. The summed E-state index contributed by atoms with van der Waals surface area (Å²) in [5.41, 5.74) is 2.47. The maximum absolute atomic E-state index is 4.72.